The van der Waals surface area contributed by atoms with Crippen LogP contribution in [0.4, 0.5) is 0 Å². The summed E-state index contributed by atoms with van der Waals surface area (Å²) in [6.07, 6.45) is 0. The molecule has 3 rings (SSSR count). The topological polar surface area (TPSA) is 95.9 Å². The van der Waals surface area contributed by atoms with E-state index in [0.29, 0.717) is 11.3 Å². The number of hydrogen-bond acceptors (Lipinski definition) is 6. The number of ether oxygens (including phenoxy) is 1. The van der Waals surface area contributed by atoms with Crippen molar-refractivity contribution in [1.29, 1.82) is 0 Å². The second-order valence-electron chi connectivity index (χ2n) is 6.57. The minimum absolute atomic E-state index is 0.193. The van der Waals surface area contributed by atoms with Gasteiger partial charge in [0.25, 0.3) is 0 Å². The second kappa shape index (κ2) is 9.99. The molecule has 0 aromatic heterocycles. The Hall–Kier alpha value is -2.52. The van der Waals surface area contributed by atoms with Crippen molar-refractivity contribution in [3.63, 3.8) is 0 Å². The molecule has 6 nitrogen and oxygen atoms in total. The molecule has 0 fully saturated rings. The molecule has 30 heavy (non-hydrogen) atoms. The third-order valence-corrected chi connectivity index (χ3v) is 7.14. The minimum Gasteiger partial charge on any atom is -0.726 e. The first-order valence-corrected chi connectivity index (χ1v) is 12.0. The highest BCUT2D eigenvalue weighted by Crippen LogP contribution is 2.27. The molecule has 1 unspecified atom stereocenters. The van der Waals surface area contributed by atoms with Crippen molar-refractivity contribution in [2.45, 2.75) is 23.0 Å². The summed E-state index contributed by atoms with van der Waals surface area (Å²) in [5.74, 6) is 2.33. The van der Waals surface area contributed by atoms with Crippen LogP contribution in [0.3, 0.4) is 0 Å². The van der Waals surface area contributed by atoms with Crippen molar-refractivity contribution in [2.24, 2.45) is 0 Å². The summed E-state index contributed by atoms with van der Waals surface area (Å²) in [6.45, 7) is -0.298. The Balaban J connectivity index is 1.90. The van der Waals surface area contributed by atoms with E-state index in [1.807, 2.05) is 48.5 Å². The molecule has 0 amide bonds. The first-order chi connectivity index (χ1) is 14.3. The van der Waals surface area contributed by atoms with Crippen LogP contribution in [0.15, 0.2) is 77.7 Å². The van der Waals surface area contributed by atoms with Crippen LogP contribution in [0.25, 0.3) is 0 Å². The molecule has 0 aliphatic carbocycles. The highest BCUT2D eigenvalue weighted by atomic mass is 32.3. The zero-order valence-corrected chi connectivity index (χ0v) is 18.0. The van der Waals surface area contributed by atoms with E-state index < -0.39 is 10.4 Å². The Bertz CT molecular complexity index is 1080. The van der Waals surface area contributed by atoms with Gasteiger partial charge in [0, 0.05) is 22.0 Å². The monoisotopic (exact) mass is 446 g/mol. The van der Waals surface area contributed by atoms with Crippen LogP contribution in [-0.4, -0.2) is 25.2 Å². The normalized spacial score (nSPS) is 12.5. The lowest BCUT2D eigenvalue weighted by Gasteiger charge is -2.14. The Kier molecular flexibility index (Phi) is 7.38. The highest BCUT2D eigenvalue weighted by Gasteiger charge is 2.25. The zero-order valence-electron chi connectivity index (χ0n) is 16.4. The van der Waals surface area contributed by atoms with Crippen molar-refractivity contribution < 1.29 is 27.0 Å². The molecule has 0 heterocycles. The molecule has 0 bridgehead atoms. The van der Waals surface area contributed by atoms with Crippen LogP contribution in [-0.2, 0) is 43.6 Å². The van der Waals surface area contributed by atoms with E-state index in [-0.39, 0.29) is 23.3 Å². The van der Waals surface area contributed by atoms with Gasteiger partial charge in [0.15, 0.2) is 4.90 Å². The molecule has 3 aromatic carbocycles. The maximum absolute atomic E-state index is 10.9. The quantitative estimate of drug-likeness (QED) is 0.305. The molecule has 1 N–H and O–H groups in total. The van der Waals surface area contributed by atoms with E-state index in [1.54, 1.807) is 31.4 Å². The lowest BCUT2D eigenvalue weighted by atomic mass is 10.1. The van der Waals surface area contributed by atoms with Gasteiger partial charge in [-0.1, -0.05) is 36.4 Å². The minimum atomic E-state index is -4.77. The van der Waals surface area contributed by atoms with Gasteiger partial charge in [-0.15, -0.1) is 0 Å². The van der Waals surface area contributed by atoms with Crippen LogP contribution in [0.5, 0.6) is 11.5 Å². The average Bonchev–Trinajstić information content (AvgIpc) is 2.73. The number of phenols is 1. The van der Waals surface area contributed by atoms with Crippen molar-refractivity contribution in [1.82, 2.24) is 0 Å². The van der Waals surface area contributed by atoms with Crippen LogP contribution in [0.1, 0.15) is 16.7 Å². The SMILES string of the molecule is COc1cccc(C[S+](Cc2ccccc2COS(=O)(=O)[O-])c2ccc(O)cc2)c1. The Morgan fingerprint density at radius 3 is 2.30 bits per heavy atom. The molecule has 8 heteroatoms. The first kappa shape index (κ1) is 22.2. The lowest BCUT2D eigenvalue weighted by Crippen LogP contribution is -2.12. The molecule has 0 aliphatic heterocycles. The van der Waals surface area contributed by atoms with Gasteiger partial charge in [-0.05, 0) is 42.0 Å². The number of hydrogen-bond donors (Lipinski definition) is 1. The van der Waals surface area contributed by atoms with Gasteiger partial charge in [-0.25, -0.2) is 8.42 Å². The summed E-state index contributed by atoms with van der Waals surface area (Å²) >= 11 is 0. The van der Waals surface area contributed by atoms with E-state index in [2.05, 4.69) is 4.18 Å². The van der Waals surface area contributed by atoms with Crippen molar-refractivity contribution in [3.05, 3.63) is 89.5 Å². The van der Waals surface area contributed by atoms with Crippen molar-refractivity contribution in [3.8, 4) is 11.5 Å². The Labute approximate surface area is 179 Å². The number of phenolic OH excluding ortho intramolecular Hbond substituents is 1. The number of aromatic hydroxyl groups is 1. The van der Waals surface area contributed by atoms with Crippen LogP contribution < -0.4 is 4.74 Å². The second-order valence-corrected chi connectivity index (χ2v) is 9.65. The molecule has 1 atom stereocenters. The van der Waals surface area contributed by atoms with Gasteiger partial charge < -0.3 is 14.4 Å². The summed E-state index contributed by atoms with van der Waals surface area (Å²) in [5.41, 5.74) is 2.65. The van der Waals surface area contributed by atoms with E-state index >= 15 is 0 Å². The molecule has 0 spiro atoms. The van der Waals surface area contributed by atoms with E-state index in [4.69, 9.17) is 4.74 Å². The third kappa shape index (κ3) is 6.50. The first-order valence-electron chi connectivity index (χ1n) is 9.10. The standard InChI is InChI=1S/C22H22O6S2/c1-27-21-8-4-5-17(13-21)15-29(22-11-9-20(23)10-12-22)16-19-7-3-2-6-18(19)14-28-30(24,25)26/h2-13H,14-16H2,1H3,(H-,23,24,25,26). The van der Waals surface area contributed by atoms with Crippen LogP contribution in [0, 0.1) is 0 Å². The molecular formula is C22H22O6S2. The summed E-state index contributed by atoms with van der Waals surface area (Å²) in [7, 11) is -3.44. The molecule has 0 radical (unpaired) electrons. The molecular weight excluding hydrogens is 424 g/mol. The Morgan fingerprint density at radius 1 is 0.933 bits per heavy atom. The van der Waals surface area contributed by atoms with E-state index in [9.17, 15) is 18.1 Å². The molecule has 0 saturated carbocycles. The highest BCUT2D eigenvalue weighted by molar-refractivity contribution is 7.95. The number of methoxy groups -OCH3 is 1. The van der Waals surface area contributed by atoms with Gasteiger partial charge in [-0.3, -0.25) is 4.18 Å². The zero-order chi connectivity index (χ0) is 21.6. The fourth-order valence-corrected chi connectivity index (χ4v) is 5.45. The molecule has 0 aliphatic rings. The fourth-order valence-electron chi connectivity index (χ4n) is 2.98. The van der Waals surface area contributed by atoms with Crippen LogP contribution in [0.2, 0.25) is 0 Å². The van der Waals surface area contributed by atoms with Crippen molar-refractivity contribution >= 4 is 21.3 Å². The summed E-state index contributed by atoms with van der Waals surface area (Å²) in [4.78, 5) is 1.06. The maximum atomic E-state index is 10.9. The lowest BCUT2D eigenvalue weighted by molar-refractivity contribution is 0.252. The number of rotatable bonds is 9. The van der Waals surface area contributed by atoms with Gasteiger partial charge in [0.1, 0.15) is 23.0 Å². The molecule has 0 saturated heterocycles. The van der Waals surface area contributed by atoms with Gasteiger partial charge in [-0.2, -0.15) is 0 Å². The van der Waals surface area contributed by atoms with Gasteiger partial charge in [0.05, 0.1) is 13.7 Å². The van der Waals surface area contributed by atoms with E-state index in [0.717, 1.165) is 27.5 Å². The smallest absolute Gasteiger partial charge is 0.217 e. The van der Waals surface area contributed by atoms with Crippen molar-refractivity contribution in [2.75, 3.05) is 7.11 Å². The van der Waals surface area contributed by atoms with E-state index in [1.165, 1.54) is 0 Å². The van der Waals surface area contributed by atoms with Gasteiger partial charge in [0.2, 0.25) is 10.4 Å². The maximum Gasteiger partial charge on any atom is 0.217 e. The molecule has 3 aromatic rings. The summed E-state index contributed by atoms with van der Waals surface area (Å²) in [5, 5.41) is 9.66. The predicted octanol–water partition coefficient (Wildman–Crippen LogP) is 3.76. The average molecular weight is 447 g/mol. The predicted molar refractivity (Wildman–Crippen MR) is 115 cm³/mol. The Morgan fingerprint density at radius 2 is 1.63 bits per heavy atom. The number of benzene rings is 3. The third-order valence-electron chi connectivity index (χ3n) is 4.45. The van der Waals surface area contributed by atoms with Crippen LogP contribution >= 0.6 is 0 Å². The largest absolute Gasteiger partial charge is 0.726 e. The summed E-state index contributed by atoms with van der Waals surface area (Å²) in [6, 6.07) is 22.2. The van der Waals surface area contributed by atoms with Gasteiger partial charge >= 0.3 is 0 Å². The molecule has 158 valence electrons. The fraction of sp³-hybridized carbons (Fsp3) is 0.182. The summed E-state index contributed by atoms with van der Waals surface area (Å²) < 4.78 is 42.4.